The second-order valence-electron chi connectivity index (χ2n) is 4.91. The molecule has 0 aliphatic rings. The molecule has 0 amide bonds. The Labute approximate surface area is 81.1 Å². The van der Waals surface area contributed by atoms with Gasteiger partial charge in [0, 0.05) is 12.9 Å². The van der Waals surface area contributed by atoms with Crippen LogP contribution < -0.4 is 0 Å². The summed E-state index contributed by atoms with van der Waals surface area (Å²) in [5, 5.41) is 8.99. The summed E-state index contributed by atoms with van der Waals surface area (Å²) in [6, 6.07) is 0. The van der Waals surface area contributed by atoms with E-state index in [2.05, 4.69) is 0 Å². The number of hydrogen-bond acceptors (Lipinski definition) is 3. The van der Waals surface area contributed by atoms with Crippen molar-refractivity contribution in [2.24, 2.45) is 11.3 Å². The van der Waals surface area contributed by atoms with Crippen molar-refractivity contribution in [1.29, 1.82) is 0 Å². The minimum Gasteiger partial charge on any atom is -0.396 e. The average molecular weight is 208 g/mol. The molecule has 0 radical (unpaired) electrons. The summed E-state index contributed by atoms with van der Waals surface area (Å²) in [5.74, 6) is -0.0455. The first-order valence-electron chi connectivity index (χ1n) is 4.42. The molecule has 0 saturated heterocycles. The minimum absolute atomic E-state index is 0.0513. The summed E-state index contributed by atoms with van der Waals surface area (Å²) >= 11 is 0. The summed E-state index contributed by atoms with van der Waals surface area (Å²) in [7, 11) is -2.97. The third-order valence-corrected chi connectivity index (χ3v) is 2.77. The van der Waals surface area contributed by atoms with Crippen LogP contribution in [0.1, 0.15) is 27.2 Å². The summed E-state index contributed by atoms with van der Waals surface area (Å²) in [6.45, 7) is 6.07. The lowest BCUT2D eigenvalue weighted by molar-refractivity contribution is 0.192. The van der Waals surface area contributed by atoms with E-state index >= 15 is 0 Å². The summed E-state index contributed by atoms with van der Waals surface area (Å²) in [6.07, 6.45) is 1.94. The Morgan fingerprint density at radius 2 is 1.77 bits per heavy atom. The van der Waals surface area contributed by atoms with E-state index in [1.165, 1.54) is 6.26 Å². The standard InChI is InChI=1S/C9H20O3S/c1-9(2,3)5-8(6-10)7-13(4,11)12/h8,10H,5-7H2,1-4H3. The minimum atomic E-state index is -2.97. The van der Waals surface area contributed by atoms with Crippen LogP contribution >= 0.6 is 0 Å². The van der Waals surface area contributed by atoms with Gasteiger partial charge in [-0.15, -0.1) is 0 Å². The fourth-order valence-electron chi connectivity index (χ4n) is 1.47. The molecule has 1 unspecified atom stereocenters. The molecule has 0 heterocycles. The number of sulfone groups is 1. The average Bonchev–Trinajstić information content (AvgIpc) is 1.79. The van der Waals surface area contributed by atoms with E-state index in [0.29, 0.717) is 0 Å². The molecule has 0 fully saturated rings. The van der Waals surface area contributed by atoms with Gasteiger partial charge in [-0.05, 0) is 17.8 Å². The zero-order valence-corrected chi connectivity index (χ0v) is 9.69. The van der Waals surface area contributed by atoms with Gasteiger partial charge in [0.15, 0.2) is 0 Å². The van der Waals surface area contributed by atoms with Crippen LogP contribution in [0.5, 0.6) is 0 Å². The van der Waals surface area contributed by atoms with Gasteiger partial charge in [-0.2, -0.15) is 0 Å². The smallest absolute Gasteiger partial charge is 0.147 e. The molecule has 0 aromatic heterocycles. The third kappa shape index (κ3) is 8.25. The Morgan fingerprint density at radius 1 is 1.31 bits per heavy atom. The number of aliphatic hydroxyl groups is 1. The van der Waals surface area contributed by atoms with E-state index < -0.39 is 9.84 Å². The van der Waals surface area contributed by atoms with Crippen molar-refractivity contribution in [3.63, 3.8) is 0 Å². The molecule has 0 aromatic rings. The van der Waals surface area contributed by atoms with Gasteiger partial charge in [0.1, 0.15) is 9.84 Å². The van der Waals surface area contributed by atoms with Gasteiger partial charge < -0.3 is 5.11 Å². The topological polar surface area (TPSA) is 54.4 Å². The van der Waals surface area contributed by atoms with Crippen LogP contribution in [0.2, 0.25) is 0 Å². The summed E-state index contributed by atoms with van der Waals surface area (Å²) in [5.41, 5.74) is 0.0675. The zero-order chi connectivity index (χ0) is 10.7. The van der Waals surface area contributed by atoms with Gasteiger partial charge in [-0.25, -0.2) is 8.42 Å². The second kappa shape index (κ2) is 4.42. The summed E-state index contributed by atoms with van der Waals surface area (Å²) < 4.78 is 22.0. The van der Waals surface area contributed by atoms with E-state index in [4.69, 9.17) is 5.11 Å². The normalized spacial score (nSPS) is 15.8. The first-order valence-corrected chi connectivity index (χ1v) is 6.49. The maximum atomic E-state index is 11.0. The molecule has 4 heteroatoms. The van der Waals surface area contributed by atoms with Crippen LogP contribution in [-0.2, 0) is 9.84 Å². The molecule has 0 saturated carbocycles. The van der Waals surface area contributed by atoms with Crippen molar-refractivity contribution in [2.75, 3.05) is 18.6 Å². The highest BCUT2D eigenvalue weighted by atomic mass is 32.2. The van der Waals surface area contributed by atoms with Crippen LogP contribution in [0, 0.1) is 11.3 Å². The SMILES string of the molecule is CC(C)(C)CC(CO)CS(C)(=O)=O. The van der Waals surface area contributed by atoms with Crippen LogP contribution in [0.4, 0.5) is 0 Å². The van der Waals surface area contributed by atoms with Gasteiger partial charge >= 0.3 is 0 Å². The van der Waals surface area contributed by atoms with Gasteiger partial charge in [-0.1, -0.05) is 20.8 Å². The largest absolute Gasteiger partial charge is 0.396 e. The first kappa shape index (κ1) is 12.9. The van der Waals surface area contributed by atoms with Crippen molar-refractivity contribution in [2.45, 2.75) is 27.2 Å². The van der Waals surface area contributed by atoms with Crippen LogP contribution in [0.15, 0.2) is 0 Å². The maximum absolute atomic E-state index is 11.0. The van der Waals surface area contributed by atoms with E-state index in [9.17, 15) is 8.42 Å². The van der Waals surface area contributed by atoms with E-state index in [0.717, 1.165) is 6.42 Å². The Bertz CT molecular complexity index is 236. The van der Waals surface area contributed by atoms with Gasteiger partial charge in [0.25, 0.3) is 0 Å². The molecular formula is C9H20O3S. The number of aliphatic hydroxyl groups excluding tert-OH is 1. The van der Waals surface area contributed by atoms with E-state index in [1.807, 2.05) is 20.8 Å². The monoisotopic (exact) mass is 208 g/mol. The lowest BCUT2D eigenvalue weighted by Gasteiger charge is -2.23. The highest BCUT2D eigenvalue weighted by Gasteiger charge is 2.21. The van der Waals surface area contributed by atoms with Crippen LogP contribution in [0.3, 0.4) is 0 Å². The molecule has 80 valence electrons. The molecule has 1 N–H and O–H groups in total. The van der Waals surface area contributed by atoms with Crippen molar-refractivity contribution in [3.05, 3.63) is 0 Å². The predicted molar refractivity (Wildman–Crippen MR) is 54.4 cm³/mol. The van der Waals surface area contributed by atoms with Crippen molar-refractivity contribution in [3.8, 4) is 0 Å². The lowest BCUT2D eigenvalue weighted by atomic mass is 9.86. The van der Waals surface area contributed by atoms with Gasteiger partial charge in [0.05, 0.1) is 5.75 Å². The lowest BCUT2D eigenvalue weighted by Crippen LogP contribution is -2.23. The molecule has 0 spiro atoms. The molecule has 0 aliphatic carbocycles. The molecular weight excluding hydrogens is 188 g/mol. The molecule has 0 aliphatic heterocycles. The number of rotatable bonds is 4. The molecule has 0 bridgehead atoms. The Kier molecular flexibility index (Phi) is 4.39. The fourth-order valence-corrected chi connectivity index (χ4v) is 2.55. The maximum Gasteiger partial charge on any atom is 0.147 e. The van der Waals surface area contributed by atoms with Crippen molar-refractivity contribution in [1.82, 2.24) is 0 Å². The molecule has 0 aromatic carbocycles. The molecule has 0 rings (SSSR count). The summed E-state index contributed by atoms with van der Waals surface area (Å²) in [4.78, 5) is 0. The first-order chi connectivity index (χ1) is 5.64. The molecule has 13 heavy (non-hydrogen) atoms. The highest BCUT2D eigenvalue weighted by molar-refractivity contribution is 7.90. The van der Waals surface area contributed by atoms with Crippen LogP contribution in [0.25, 0.3) is 0 Å². The number of hydrogen-bond donors (Lipinski definition) is 1. The Morgan fingerprint density at radius 3 is 2.00 bits per heavy atom. The molecule has 1 atom stereocenters. The third-order valence-electron chi connectivity index (χ3n) is 1.70. The fraction of sp³-hybridized carbons (Fsp3) is 1.00. The van der Waals surface area contributed by atoms with Gasteiger partial charge in [-0.3, -0.25) is 0 Å². The van der Waals surface area contributed by atoms with Crippen LogP contribution in [-0.4, -0.2) is 32.1 Å². The Hall–Kier alpha value is -0.0900. The quantitative estimate of drug-likeness (QED) is 0.752. The van der Waals surface area contributed by atoms with Crippen molar-refractivity contribution >= 4 is 9.84 Å². The van der Waals surface area contributed by atoms with Gasteiger partial charge in [0.2, 0.25) is 0 Å². The van der Waals surface area contributed by atoms with Crippen molar-refractivity contribution < 1.29 is 13.5 Å². The van der Waals surface area contributed by atoms with E-state index in [1.54, 1.807) is 0 Å². The molecule has 3 nitrogen and oxygen atoms in total. The Balaban J connectivity index is 4.22. The second-order valence-corrected chi connectivity index (χ2v) is 7.09. The highest BCUT2D eigenvalue weighted by Crippen LogP contribution is 2.24. The van der Waals surface area contributed by atoms with E-state index in [-0.39, 0.29) is 23.7 Å². The zero-order valence-electron chi connectivity index (χ0n) is 8.87. The predicted octanol–water partition coefficient (Wildman–Crippen LogP) is 1.08.